The van der Waals surface area contributed by atoms with E-state index in [0.717, 1.165) is 49.8 Å². The number of rotatable bonds is 6. The van der Waals surface area contributed by atoms with Crippen LogP contribution >= 0.6 is 0 Å². The number of aromatic nitrogens is 2. The first kappa shape index (κ1) is 17.2. The Morgan fingerprint density at radius 1 is 1.12 bits per heavy atom. The molecule has 0 spiro atoms. The first-order chi connectivity index (χ1) is 12.1. The van der Waals surface area contributed by atoms with E-state index in [9.17, 15) is 0 Å². The minimum atomic E-state index is 0.389. The average molecular weight is 345 g/mol. The Kier molecular flexibility index (Phi) is 4.96. The third kappa shape index (κ3) is 3.82. The zero-order valence-electron chi connectivity index (χ0n) is 15.9. The molecule has 5 heteroatoms. The van der Waals surface area contributed by atoms with E-state index < -0.39 is 0 Å². The molecule has 0 bridgehead atoms. The molecule has 1 aromatic rings. The van der Waals surface area contributed by atoms with E-state index >= 15 is 0 Å². The van der Waals surface area contributed by atoms with Crippen molar-refractivity contribution in [3.63, 3.8) is 0 Å². The Bertz CT molecular complexity index is 572. The maximum atomic E-state index is 6.37. The van der Waals surface area contributed by atoms with Crippen LogP contribution in [0.2, 0.25) is 0 Å². The minimum Gasteiger partial charge on any atom is -0.376 e. The van der Waals surface area contributed by atoms with Crippen molar-refractivity contribution in [3.05, 3.63) is 18.0 Å². The Hall–Kier alpha value is -1.20. The van der Waals surface area contributed by atoms with Crippen LogP contribution in [0.15, 0.2) is 12.4 Å². The van der Waals surface area contributed by atoms with Gasteiger partial charge in [-0.25, -0.2) is 9.97 Å². The van der Waals surface area contributed by atoms with Crippen LogP contribution in [-0.2, 0) is 11.2 Å². The van der Waals surface area contributed by atoms with Crippen molar-refractivity contribution in [2.45, 2.75) is 51.2 Å². The molecule has 1 saturated heterocycles. The molecule has 138 valence electrons. The summed E-state index contributed by atoms with van der Waals surface area (Å²) in [5, 5.41) is 0. The summed E-state index contributed by atoms with van der Waals surface area (Å²) in [6.07, 6.45) is 10.5. The van der Waals surface area contributed by atoms with Crippen LogP contribution in [0.3, 0.4) is 0 Å². The van der Waals surface area contributed by atoms with Crippen LogP contribution in [-0.4, -0.2) is 60.8 Å². The monoisotopic (exact) mass is 344 g/mol. The lowest BCUT2D eigenvalue weighted by Gasteiger charge is -2.41. The number of ether oxygens (including phenoxy) is 1. The van der Waals surface area contributed by atoms with Gasteiger partial charge in [-0.1, -0.05) is 6.92 Å². The standard InChI is InChI=1S/C20H32N4O/c1-4-14-9-21-20(22-10-14)24-11-16-7-18(23(2)3)19(8-17(16)12-24)25-13-15-5-6-15/h9-10,15-19H,4-8,11-13H2,1-3H3/t16-,17+,18-,19-/m1/s1. The number of nitrogens with zero attached hydrogens (tertiary/aromatic N) is 4. The van der Waals surface area contributed by atoms with Crippen LogP contribution in [0.4, 0.5) is 5.95 Å². The summed E-state index contributed by atoms with van der Waals surface area (Å²) in [5.74, 6) is 3.20. The molecular formula is C20H32N4O. The highest BCUT2D eigenvalue weighted by Crippen LogP contribution is 2.40. The van der Waals surface area contributed by atoms with Gasteiger partial charge in [0, 0.05) is 38.1 Å². The molecule has 2 heterocycles. The lowest BCUT2D eigenvalue weighted by molar-refractivity contribution is -0.0493. The number of hydrogen-bond acceptors (Lipinski definition) is 5. The van der Waals surface area contributed by atoms with Gasteiger partial charge in [0.2, 0.25) is 5.95 Å². The second kappa shape index (κ2) is 7.20. The number of fused-ring (bicyclic) bond motifs is 1. The van der Waals surface area contributed by atoms with Crippen molar-refractivity contribution in [1.82, 2.24) is 14.9 Å². The van der Waals surface area contributed by atoms with E-state index in [1.807, 2.05) is 12.4 Å². The number of anilines is 1. The van der Waals surface area contributed by atoms with Gasteiger partial charge in [-0.05, 0) is 69.5 Å². The molecule has 25 heavy (non-hydrogen) atoms. The van der Waals surface area contributed by atoms with Gasteiger partial charge in [-0.3, -0.25) is 0 Å². The Balaban J connectivity index is 1.42. The van der Waals surface area contributed by atoms with Gasteiger partial charge in [-0.15, -0.1) is 0 Å². The van der Waals surface area contributed by atoms with E-state index in [1.54, 1.807) is 0 Å². The van der Waals surface area contributed by atoms with Crippen molar-refractivity contribution >= 4 is 5.95 Å². The summed E-state index contributed by atoms with van der Waals surface area (Å²) < 4.78 is 6.37. The molecule has 2 aliphatic carbocycles. The molecular weight excluding hydrogens is 312 g/mol. The third-order valence-corrected chi connectivity index (χ3v) is 6.37. The highest BCUT2D eigenvalue weighted by Gasteiger charge is 2.44. The van der Waals surface area contributed by atoms with E-state index in [1.165, 1.54) is 31.2 Å². The SMILES string of the molecule is CCc1cnc(N2C[C@H]3C[C@@H](N(C)C)[C@H](OCC4CC4)C[C@H]3C2)nc1. The molecule has 1 aromatic heterocycles. The zero-order chi connectivity index (χ0) is 17.4. The number of aryl methyl sites for hydroxylation is 1. The highest BCUT2D eigenvalue weighted by molar-refractivity contribution is 5.33. The predicted molar refractivity (Wildman–Crippen MR) is 99.8 cm³/mol. The average Bonchev–Trinajstić information content (AvgIpc) is 3.36. The summed E-state index contributed by atoms with van der Waals surface area (Å²) in [6.45, 7) is 5.29. The fourth-order valence-electron chi connectivity index (χ4n) is 4.51. The van der Waals surface area contributed by atoms with Crippen LogP contribution in [0.25, 0.3) is 0 Å². The lowest BCUT2D eigenvalue weighted by Crippen LogP contribution is -2.48. The van der Waals surface area contributed by atoms with Crippen LogP contribution in [0, 0.1) is 17.8 Å². The van der Waals surface area contributed by atoms with Crippen LogP contribution in [0.5, 0.6) is 0 Å². The lowest BCUT2D eigenvalue weighted by atomic mass is 9.77. The summed E-state index contributed by atoms with van der Waals surface area (Å²) >= 11 is 0. The van der Waals surface area contributed by atoms with Gasteiger partial charge in [0.1, 0.15) is 0 Å². The summed E-state index contributed by atoms with van der Waals surface area (Å²) in [4.78, 5) is 14.0. The predicted octanol–water partition coefficient (Wildman–Crippen LogP) is 2.61. The second-order valence-electron chi connectivity index (χ2n) is 8.49. The number of likely N-dealkylation sites (N-methyl/N-ethyl adjacent to an activating group) is 1. The van der Waals surface area contributed by atoms with Crippen molar-refractivity contribution in [1.29, 1.82) is 0 Å². The largest absolute Gasteiger partial charge is 0.376 e. The second-order valence-corrected chi connectivity index (χ2v) is 8.49. The molecule has 0 amide bonds. The molecule has 0 radical (unpaired) electrons. The van der Waals surface area contributed by atoms with Crippen molar-refractivity contribution in [2.75, 3.05) is 38.7 Å². The molecule has 3 aliphatic rings. The topological polar surface area (TPSA) is 41.5 Å². The van der Waals surface area contributed by atoms with Gasteiger partial charge in [0.15, 0.2) is 0 Å². The quantitative estimate of drug-likeness (QED) is 0.793. The van der Waals surface area contributed by atoms with Crippen LogP contribution < -0.4 is 4.90 Å². The molecule has 0 aromatic carbocycles. The molecule has 2 saturated carbocycles. The van der Waals surface area contributed by atoms with Crippen LogP contribution in [0.1, 0.15) is 38.2 Å². The summed E-state index contributed by atoms with van der Waals surface area (Å²) in [5.41, 5.74) is 1.21. The summed E-state index contributed by atoms with van der Waals surface area (Å²) in [7, 11) is 4.41. The molecule has 4 rings (SSSR count). The van der Waals surface area contributed by atoms with E-state index in [-0.39, 0.29) is 0 Å². The van der Waals surface area contributed by atoms with Gasteiger partial charge >= 0.3 is 0 Å². The van der Waals surface area contributed by atoms with Gasteiger partial charge < -0.3 is 14.5 Å². The molecule has 4 atom stereocenters. The summed E-state index contributed by atoms with van der Waals surface area (Å²) in [6, 6.07) is 0.545. The first-order valence-electron chi connectivity index (χ1n) is 9.98. The van der Waals surface area contributed by atoms with Crippen molar-refractivity contribution in [3.8, 4) is 0 Å². The molecule has 1 aliphatic heterocycles. The first-order valence-corrected chi connectivity index (χ1v) is 9.98. The Morgan fingerprint density at radius 2 is 1.80 bits per heavy atom. The smallest absolute Gasteiger partial charge is 0.225 e. The fraction of sp³-hybridized carbons (Fsp3) is 0.800. The van der Waals surface area contributed by atoms with Gasteiger partial charge in [-0.2, -0.15) is 0 Å². The fourth-order valence-corrected chi connectivity index (χ4v) is 4.51. The van der Waals surface area contributed by atoms with Crippen molar-refractivity contribution < 1.29 is 4.74 Å². The molecule has 5 nitrogen and oxygen atoms in total. The van der Waals surface area contributed by atoms with Gasteiger partial charge in [0.05, 0.1) is 6.10 Å². The molecule has 3 fully saturated rings. The molecule has 0 unspecified atom stereocenters. The Morgan fingerprint density at radius 3 is 2.40 bits per heavy atom. The van der Waals surface area contributed by atoms with E-state index in [2.05, 4.69) is 40.8 Å². The number of hydrogen-bond donors (Lipinski definition) is 0. The zero-order valence-corrected chi connectivity index (χ0v) is 15.9. The third-order valence-electron chi connectivity index (χ3n) is 6.37. The maximum absolute atomic E-state index is 6.37. The normalized spacial score (nSPS) is 32.2. The molecule has 0 N–H and O–H groups in total. The van der Waals surface area contributed by atoms with E-state index in [4.69, 9.17) is 4.74 Å². The maximum Gasteiger partial charge on any atom is 0.225 e. The van der Waals surface area contributed by atoms with Crippen molar-refractivity contribution in [2.24, 2.45) is 17.8 Å². The minimum absolute atomic E-state index is 0.389. The van der Waals surface area contributed by atoms with Gasteiger partial charge in [0.25, 0.3) is 0 Å². The Labute approximate surface area is 151 Å². The highest BCUT2D eigenvalue weighted by atomic mass is 16.5. The van der Waals surface area contributed by atoms with E-state index in [0.29, 0.717) is 12.1 Å².